The number of nitrogens with one attached hydrogen (secondary N) is 4. The Balaban J connectivity index is 0.000000163. The Hall–Kier alpha value is -15.6. The number of hydrogen-bond donors (Lipinski definition) is 5. The Bertz CT molecular complexity index is 6670. The Morgan fingerprint density at radius 1 is 0.370 bits per heavy atom. The van der Waals surface area contributed by atoms with Crippen LogP contribution >= 0.6 is 15.9 Å². The summed E-state index contributed by atoms with van der Waals surface area (Å²) >= 11 is 3.09. The van der Waals surface area contributed by atoms with E-state index in [1.54, 1.807) is 75.5 Å². The van der Waals surface area contributed by atoms with E-state index in [-0.39, 0.29) is 67.8 Å². The van der Waals surface area contributed by atoms with Gasteiger partial charge in [-0.3, -0.25) is 52.9 Å². The molecule has 6 aromatic heterocycles. The lowest BCUT2D eigenvalue weighted by Gasteiger charge is -2.17. The van der Waals surface area contributed by atoms with Crippen molar-refractivity contribution in [2.24, 2.45) is 0 Å². The molecule has 0 radical (unpaired) electrons. The summed E-state index contributed by atoms with van der Waals surface area (Å²) in [5.41, 5.74) is 2.68. The van der Waals surface area contributed by atoms with Crippen molar-refractivity contribution in [1.29, 1.82) is 0 Å². The maximum Gasteiger partial charge on any atom is 0.272 e. The van der Waals surface area contributed by atoms with Crippen molar-refractivity contribution in [1.82, 2.24) is 34.0 Å². The van der Waals surface area contributed by atoms with Gasteiger partial charge in [-0.05, 0) is 212 Å². The molecule has 0 aliphatic rings. The summed E-state index contributed by atoms with van der Waals surface area (Å²) < 4.78 is 144. The Morgan fingerprint density at radius 3 is 1.01 bits per heavy atom. The Labute approximate surface area is 726 Å². The van der Waals surface area contributed by atoms with E-state index in [4.69, 9.17) is 47.4 Å². The number of aryl methyl sites for hydroxylation is 2. The standard InChI is InChI=1S/C32H28F2N4O5.C32H27F2N3O6.C29H20BrF2N3O6/c1-18-13-23(32(40)38(26(18)17-35-2)21-8-5-19(33)6-9-21)31(39)37-20-7-10-28(24(34)14-20)43-27-11-12-36-25-16-30(42-4)29(41-3)15-22(25)27;1-18-13-23(32(39)37(26(18)17-40-2)21-8-5-19(33)6-9-21)31(38)36-20-7-10-28(24(34)14-20)43-27-11-12-35-25-16-30(42-4)29(41-3)15-22(25)27;1-39-25-13-18-22(14-26(25)40-2)33-10-9-23(18)41-24-8-5-16(11-21(24)32)34-27(36)19-12-20(30)29(38)35(28(19)37)17-6-3-15(31)4-7-17/h5-16,35H,17H2,1-4H3,(H,37,39);5-16H,17H2,1-4H3,(H,36,38);3-14,37H,1-2H3,(H,34,36). The van der Waals surface area contributed by atoms with Gasteiger partial charge in [-0.15, -0.1) is 0 Å². The third-order valence-electron chi connectivity index (χ3n) is 19.6. The summed E-state index contributed by atoms with van der Waals surface area (Å²) in [5, 5.41) is 23.1. The van der Waals surface area contributed by atoms with Crippen molar-refractivity contribution in [3.8, 4) is 91.9 Å². The van der Waals surface area contributed by atoms with Crippen LogP contribution in [0.4, 0.5) is 43.4 Å². The van der Waals surface area contributed by atoms with E-state index < -0.39 is 75.2 Å². The molecule has 0 atom stereocenters. The molecule has 0 unspecified atom stereocenters. The fraction of sp³-hybridized carbons (Fsp3) is 0.129. The number of aromatic nitrogens is 6. The summed E-state index contributed by atoms with van der Waals surface area (Å²) in [6.45, 7) is 3.91. The monoisotopic (exact) mass is 1800 g/mol. The van der Waals surface area contributed by atoms with Crippen LogP contribution in [0.2, 0.25) is 0 Å². The molecule has 27 nitrogen and oxygen atoms in total. The first-order valence-corrected chi connectivity index (χ1v) is 38.9. The highest BCUT2D eigenvalue weighted by Crippen LogP contribution is 2.42. The molecule has 0 aliphatic carbocycles. The molecule has 15 rings (SSSR count). The van der Waals surface area contributed by atoms with Crippen LogP contribution in [-0.4, -0.2) is 108 Å². The number of rotatable bonds is 25. The second kappa shape index (κ2) is 39.3. The van der Waals surface area contributed by atoms with E-state index in [9.17, 15) is 47.0 Å². The zero-order valence-corrected chi connectivity index (χ0v) is 70.6. The lowest BCUT2D eigenvalue weighted by molar-refractivity contribution is 0.101. The number of methoxy groups -OCH3 is 7. The topological polar surface area (TPSA) is 317 Å². The minimum absolute atomic E-state index is 0.0291. The average molecular weight is 1800 g/mol. The number of halogens is 7. The minimum Gasteiger partial charge on any atom is -0.494 e. The van der Waals surface area contributed by atoms with Crippen molar-refractivity contribution >= 4 is 83.4 Å². The molecule has 0 fully saturated rings. The number of carbonyl (C=O) groups excluding carboxylic acids is 3. The van der Waals surface area contributed by atoms with Gasteiger partial charge in [0.15, 0.2) is 69.2 Å². The van der Waals surface area contributed by atoms with E-state index in [1.807, 2.05) is 0 Å². The minimum atomic E-state index is -0.826. The van der Waals surface area contributed by atoms with Crippen LogP contribution in [-0.2, 0) is 17.9 Å². The van der Waals surface area contributed by atoms with E-state index in [2.05, 4.69) is 52.1 Å². The summed E-state index contributed by atoms with van der Waals surface area (Å²) in [7, 11) is 12.2. The summed E-state index contributed by atoms with van der Waals surface area (Å²) in [5.74, 6) is -3.27. The Kier molecular flexibility index (Phi) is 27.6. The van der Waals surface area contributed by atoms with Crippen LogP contribution in [0.1, 0.15) is 53.6 Å². The third kappa shape index (κ3) is 19.6. The van der Waals surface area contributed by atoms with Crippen molar-refractivity contribution < 1.29 is 93.2 Å². The fourth-order valence-corrected chi connectivity index (χ4v) is 13.8. The van der Waals surface area contributed by atoms with Crippen LogP contribution in [0, 0.1) is 48.8 Å². The second-order valence-corrected chi connectivity index (χ2v) is 28.5. The molecule has 9 aromatic carbocycles. The molecule has 15 aromatic rings. The number of hydrogen-bond acceptors (Lipinski definition) is 21. The fourth-order valence-electron chi connectivity index (χ4n) is 13.4. The third-order valence-corrected chi connectivity index (χ3v) is 20.2. The van der Waals surface area contributed by atoms with Gasteiger partial charge in [-0.2, -0.15) is 0 Å². The van der Waals surface area contributed by atoms with E-state index >= 15 is 13.2 Å². The highest BCUT2D eigenvalue weighted by molar-refractivity contribution is 9.10. The average Bonchev–Trinajstić information content (AvgIpc) is 0.756. The van der Waals surface area contributed by atoms with Gasteiger partial charge >= 0.3 is 0 Å². The largest absolute Gasteiger partial charge is 0.494 e. The number of anilines is 3. The smallest absolute Gasteiger partial charge is 0.272 e. The molecular weight excluding hydrogens is 1720 g/mol. The molecule has 0 saturated carbocycles. The van der Waals surface area contributed by atoms with Gasteiger partial charge in [-0.1, -0.05) is 0 Å². The molecule has 0 saturated heterocycles. The molecule has 5 N–H and O–H groups in total. The van der Waals surface area contributed by atoms with Crippen molar-refractivity contribution in [2.45, 2.75) is 27.0 Å². The quantitative estimate of drug-likeness (QED) is 0.0332. The first-order chi connectivity index (χ1) is 61.2. The molecule has 0 bridgehead atoms. The van der Waals surface area contributed by atoms with E-state index in [0.717, 1.165) is 41.0 Å². The van der Waals surface area contributed by atoms with Crippen LogP contribution in [0.15, 0.2) is 238 Å². The zero-order chi connectivity index (χ0) is 90.6. The molecule has 648 valence electrons. The maximum absolute atomic E-state index is 15.2. The van der Waals surface area contributed by atoms with Crippen molar-refractivity contribution in [2.75, 3.05) is 72.8 Å². The Morgan fingerprint density at radius 2 is 0.685 bits per heavy atom. The van der Waals surface area contributed by atoms with Gasteiger partial charge in [0, 0.05) is 119 Å². The van der Waals surface area contributed by atoms with Crippen molar-refractivity contribution in [3.05, 3.63) is 328 Å². The SMILES string of the molecule is CNCc1c(C)cc(C(=O)Nc2ccc(Oc3ccnc4cc(OC)c(OC)cc34)c(F)c2)c(=O)n1-c1ccc(F)cc1.COCc1c(C)cc(C(=O)Nc2ccc(Oc3ccnc4cc(OC)c(OC)cc34)c(F)c2)c(=O)n1-c1ccc(F)cc1.COc1cc2nccc(Oc3ccc(NC(=O)c4cc(Br)c(=O)n(-c5ccc(F)cc5)c4O)cc3F)c2cc1OC. The highest BCUT2D eigenvalue weighted by Gasteiger charge is 2.26. The summed E-state index contributed by atoms with van der Waals surface area (Å²) in [6, 6.07) is 46.0. The van der Waals surface area contributed by atoms with Crippen LogP contribution < -0.4 is 80.6 Å². The molecule has 0 aliphatic heterocycles. The summed E-state index contributed by atoms with van der Waals surface area (Å²) in [4.78, 5) is 92.1. The highest BCUT2D eigenvalue weighted by atomic mass is 79.9. The van der Waals surface area contributed by atoms with E-state index in [1.165, 1.54) is 187 Å². The van der Waals surface area contributed by atoms with Gasteiger partial charge < -0.3 is 73.7 Å². The molecule has 0 spiro atoms. The van der Waals surface area contributed by atoms with Gasteiger partial charge in [0.2, 0.25) is 5.88 Å². The number of aromatic hydroxyl groups is 1. The first-order valence-electron chi connectivity index (χ1n) is 38.1. The number of nitrogens with zero attached hydrogens (tertiary/aromatic N) is 6. The van der Waals surface area contributed by atoms with Gasteiger partial charge in [0.25, 0.3) is 34.4 Å². The van der Waals surface area contributed by atoms with E-state index in [0.29, 0.717) is 125 Å². The normalized spacial score (nSPS) is 10.9. The lowest BCUT2D eigenvalue weighted by Crippen LogP contribution is -2.32. The second-order valence-electron chi connectivity index (χ2n) is 27.6. The molecule has 6 heterocycles. The van der Waals surface area contributed by atoms with Crippen LogP contribution in [0.3, 0.4) is 0 Å². The number of benzene rings is 9. The van der Waals surface area contributed by atoms with Crippen LogP contribution in [0.25, 0.3) is 49.8 Å². The predicted molar refractivity (Wildman–Crippen MR) is 466 cm³/mol. The molecule has 34 heteroatoms. The number of carbonyl (C=O) groups is 3. The number of fused-ring (bicyclic) bond motifs is 3. The van der Waals surface area contributed by atoms with Gasteiger partial charge in [0.05, 0.1) is 81.7 Å². The lowest BCUT2D eigenvalue weighted by atomic mass is 10.1. The predicted octanol–water partition coefficient (Wildman–Crippen LogP) is 18.1. The maximum atomic E-state index is 15.2. The van der Waals surface area contributed by atoms with Gasteiger partial charge in [-0.25, -0.2) is 30.9 Å². The molecule has 127 heavy (non-hydrogen) atoms. The van der Waals surface area contributed by atoms with Crippen LogP contribution in [0.5, 0.6) is 74.9 Å². The number of amides is 3. The van der Waals surface area contributed by atoms with Crippen molar-refractivity contribution in [3.63, 3.8) is 0 Å². The number of pyridine rings is 6. The zero-order valence-electron chi connectivity index (χ0n) is 69.0. The molecule has 3 amide bonds. The number of ether oxygens (including phenoxy) is 10. The molecular formula is C93H75BrF6N10O17. The van der Waals surface area contributed by atoms with Gasteiger partial charge in [0.1, 0.15) is 51.4 Å². The summed E-state index contributed by atoms with van der Waals surface area (Å²) in [6.07, 6.45) is 4.55. The first kappa shape index (κ1) is 89.2.